The minimum absolute atomic E-state index is 0.0271. The van der Waals surface area contributed by atoms with Gasteiger partial charge in [-0.2, -0.15) is 0 Å². The average molecular weight is 342 g/mol. The highest BCUT2D eigenvalue weighted by atomic mass is 19.1. The summed E-state index contributed by atoms with van der Waals surface area (Å²) >= 11 is 0. The minimum atomic E-state index is -0.308. The number of carbonyl (C=O) groups is 2. The first kappa shape index (κ1) is 16.9. The third-order valence-corrected chi connectivity index (χ3v) is 4.13. The van der Waals surface area contributed by atoms with Gasteiger partial charge in [0, 0.05) is 45.0 Å². The number of nitrogens with one attached hydrogen (secondary N) is 1. The summed E-state index contributed by atoms with van der Waals surface area (Å²) in [6, 6.07) is 7.67. The molecule has 2 amide bonds. The predicted molar refractivity (Wildman–Crippen MR) is 92.1 cm³/mol. The van der Waals surface area contributed by atoms with Crippen LogP contribution in [0.4, 0.5) is 15.8 Å². The van der Waals surface area contributed by atoms with Crippen LogP contribution in [0.5, 0.6) is 0 Å². The number of piperazine rings is 1. The van der Waals surface area contributed by atoms with E-state index >= 15 is 0 Å². The van der Waals surface area contributed by atoms with Gasteiger partial charge in [0.2, 0.25) is 5.91 Å². The van der Waals surface area contributed by atoms with Crippen molar-refractivity contribution in [3.63, 3.8) is 0 Å². The zero-order valence-electron chi connectivity index (χ0n) is 13.9. The lowest BCUT2D eigenvalue weighted by Crippen LogP contribution is -2.50. The monoisotopic (exact) mass is 342 g/mol. The molecule has 25 heavy (non-hydrogen) atoms. The van der Waals surface area contributed by atoms with Crippen LogP contribution in [-0.2, 0) is 4.79 Å². The maximum Gasteiger partial charge on any atom is 0.255 e. The van der Waals surface area contributed by atoms with Gasteiger partial charge in [0.1, 0.15) is 5.82 Å². The molecule has 0 atom stereocenters. The van der Waals surface area contributed by atoms with Gasteiger partial charge in [-0.25, -0.2) is 4.39 Å². The molecule has 2 heterocycles. The van der Waals surface area contributed by atoms with Gasteiger partial charge in [-0.05, 0) is 30.3 Å². The molecule has 3 rings (SSSR count). The molecule has 0 spiro atoms. The van der Waals surface area contributed by atoms with Crippen LogP contribution in [0.3, 0.4) is 0 Å². The molecule has 1 N–H and O–H groups in total. The number of amides is 2. The fraction of sp³-hybridized carbons (Fsp3) is 0.278. The topological polar surface area (TPSA) is 65.5 Å². The molecule has 6 nitrogen and oxygen atoms in total. The quantitative estimate of drug-likeness (QED) is 0.929. The Morgan fingerprint density at radius 2 is 1.64 bits per heavy atom. The van der Waals surface area contributed by atoms with Crippen LogP contribution in [0.25, 0.3) is 0 Å². The van der Waals surface area contributed by atoms with Crippen LogP contribution in [0.2, 0.25) is 0 Å². The Hall–Kier alpha value is -2.96. The number of aromatic nitrogens is 1. The summed E-state index contributed by atoms with van der Waals surface area (Å²) in [4.78, 5) is 31.6. The van der Waals surface area contributed by atoms with Gasteiger partial charge in [0.25, 0.3) is 5.91 Å². The number of nitrogens with zero attached hydrogens (tertiary/aromatic N) is 3. The van der Waals surface area contributed by atoms with E-state index in [-0.39, 0.29) is 17.6 Å². The third kappa shape index (κ3) is 4.12. The Bertz CT molecular complexity index is 771. The van der Waals surface area contributed by atoms with Crippen LogP contribution in [0, 0.1) is 5.82 Å². The van der Waals surface area contributed by atoms with Crippen molar-refractivity contribution in [1.29, 1.82) is 0 Å². The number of carbonyl (C=O) groups excluding carboxylic acids is 2. The molecule has 1 aromatic heterocycles. The molecule has 1 aliphatic heterocycles. The molecular weight excluding hydrogens is 323 g/mol. The van der Waals surface area contributed by atoms with Crippen molar-refractivity contribution in [2.24, 2.45) is 0 Å². The molecule has 1 fully saturated rings. The summed E-state index contributed by atoms with van der Waals surface area (Å²) in [5.41, 5.74) is 1.84. The van der Waals surface area contributed by atoms with Crippen molar-refractivity contribution in [2.75, 3.05) is 31.5 Å². The minimum Gasteiger partial charge on any atom is -0.354 e. The van der Waals surface area contributed by atoms with Crippen molar-refractivity contribution < 1.29 is 14.0 Å². The van der Waals surface area contributed by atoms with E-state index in [2.05, 4.69) is 10.3 Å². The number of hydrogen-bond acceptors (Lipinski definition) is 4. The fourth-order valence-corrected chi connectivity index (χ4v) is 2.73. The lowest BCUT2D eigenvalue weighted by atomic mass is 10.2. The van der Waals surface area contributed by atoms with Gasteiger partial charge in [-0.15, -0.1) is 0 Å². The van der Waals surface area contributed by atoms with Gasteiger partial charge >= 0.3 is 0 Å². The first-order valence-corrected chi connectivity index (χ1v) is 8.05. The van der Waals surface area contributed by atoms with Crippen molar-refractivity contribution in [3.8, 4) is 0 Å². The van der Waals surface area contributed by atoms with Crippen molar-refractivity contribution >= 4 is 23.2 Å². The highest BCUT2D eigenvalue weighted by Gasteiger charge is 2.23. The normalized spacial score (nSPS) is 14.3. The van der Waals surface area contributed by atoms with E-state index in [0.717, 1.165) is 0 Å². The Morgan fingerprint density at radius 3 is 2.28 bits per heavy atom. The van der Waals surface area contributed by atoms with Crippen molar-refractivity contribution in [2.45, 2.75) is 6.92 Å². The molecule has 2 aromatic rings. The van der Waals surface area contributed by atoms with E-state index in [1.807, 2.05) is 0 Å². The molecule has 1 aliphatic rings. The Balaban J connectivity index is 1.67. The average Bonchev–Trinajstić information content (AvgIpc) is 2.63. The molecule has 1 aromatic carbocycles. The van der Waals surface area contributed by atoms with Crippen LogP contribution >= 0.6 is 0 Å². The van der Waals surface area contributed by atoms with Crippen LogP contribution in [0.15, 0.2) is 42.7 Å². The summed E-state index contributed by atoms with van der Waals surface area (Å²) in [5.74, 6) is -0.393. The number of halogens is 1. The molecule has 0 bridgehead atoms. The Morgan fingerprint density at radius 1 is 1.00 bits per heavy atom. The summed E-state index contributed by atoms with van der Waals surface area (Å²) in [5, 5.41) is 3.10. The lowest BCUT2D eigenvalue weighted by Gasteiger charge is -2.34. The zero-order chi connectivity index (χ0) is 17.8. The second-order valence-corrected chi connectivity index (χ2v) is 5.89. The summed E-state index contributed by atoms with van der Waals surface area (Å²) in [6.07, 6.45) is 3.13. The standard InChI is InChI=1S/C18H19FN4O2/c1-13(24)22-6-8-23(9-7-22)18(25)14-10-17(12-20-11-14)21-16-4-2-15(19)3-5-16/h2-5,10-12,21H,6-9H2,1H3. The van der Waals surface area contributed by atoms with E-state index in [0.29, 0.717) is 43.1 Å². The zero-order valence-corrected chi connectivity index (χ0v) is 13.9. The van der Waals surface area contributed by atoms with Gasteiger partial charge in [0.05, 0.1) is 17.4 Å². The first-order chi connectivity index (χ1) is 12.0. The van der Waals surface area contributed by atoms with Crippen LogP contribution in [0.1, 0.15) is 17.3 Å². The molecule has 7 heteroatoms. The van der Waals surface area contributed by atoms with Gasteiger partial charge in [-0.3, -0.25) is 14.6 Å². The molecule has 0 saturated carbocycles. The second-order valence-electron chi connectivity index (χ2n) is 5.89. The molecular formula is C18H19FN4O2. The van der Waals surface area contributed by atoms with E-state index in [1.165, 1.54) is 25.3 Å². The highest BCUT2D eigenvalue weighted by Crippen LogP contribution is 2.18. The molecule has 130 valence electrons. The number of hydrogen-bond donors (Lipinski definition) is 1. The smallest absolute Gasteiger partial charge is 0.255 e. The van der Waals surface area contributed by atoms with Crippen LogP contribution < -0.4 is 5.32 Å². The number of rotatable bonds is 3. The molecule has 0 radical (unpaired) electrons. The van der Waals surface area contributed by atoms with Gasteiger partial charge < -0.3 is 15.1 Å². The predicted octanol–water partition coefficient (Wildman–Crippen LogP) is 2.27. The summed E-state index contributed by atoms with van der Waals surface area (Å²) in [6.45, 7) is 3.64. The Labute approximate surface area is 145 Å². The van der Waals surface area contributed by atoms with Gasteiger partial charge in [0.15, 0.2) is 0 Å². The van der Waals surface area contributed by atoms with Crippen LogP contribution in [-0.4, -0.2) is 52.8 Å². The first-order valence-electron chi connectivity index (χ1n) is 8.05. The molecule has 1 saturated heterocycles. The van der Waals surface area contributed by atoms with Crippen molar-refractivity contribution in [3.05, 3.63) is 54.1 Å². The summed E-state index contributed by atoms with van der Waals surface area (Å²) in [7, 11) is 0. The molecule has 0 unspecified atom stereocenters. The SMILES string of the molecule is CC(=O)N1CCN(C(=O)c2cncc(Nc3ccc(F)cc3)c2)CC1. The lowest BCUT2D eigenvalue weighted by molar-refractivity contribution is -0.130. The highest BCUT2D eigenvalue weighted by molar-refractivity contribution is 5.95. The number of anilines is 2. The number of benzene rings is 1. The fourth-order valence-electron chi connectivity index (χ4n) is 2.73. The van der Waals surface area contributed by atoms with E-state index in [1.54, 1.807) is 34.2 Å². The molecule has 0 aliphatic carbocycles. The summed E-state index contributed by atoms with van der Waals surface area (Å²) < 4.78 is 13.0. The maximum atomic E-state index is 13.0. The Kier molecular flexibility index (Phi) is 4.92. The maximum absolute atomic E-state index is 13.0. The van der Waals surface area contributed by atoms with Gasteiger partial charge in [-0.1, -0.05) is 0 Å². The van der Waals surface area contributed by atoms with E-state index in [4.69, 9.17) is 0 Å². The van der Waals surface area contributed by atoms with Crippen molar-refractivity contribution in [1.82, 2.24) is 14.8 Å². The third-order valence-electron chi connectivity index (χ3n) is 4.13. The second kappa shape index (κ2) is 7.29. The largest absolute Gasteiger partial charge is 0.354 e. The number of pyridine rings is 1. The van der Waals surface area contributed by atoms with E-state index in [9.17, 15) is 14.0 Å². The van der Waals surface area contributed by atoms with E-state index < -0.39 is 0 Å².